The van der Waals surface area contributed by atoms with Crippen LogP contribution in [0.25, 0.3) is 5.52 Å². The zero-order chi connectivity index (χ0) is 14.0. The SMILES string of the molecule is O=C(NCC1(CCl)CCCC1)c1cnn2ccccc12. The van der Waals surface area contributed by atoms with Gasteiger partial charge in [-0.2, -0.15) is 5.10 Å². The van der Waals surface area contributed by atoms with E-state index in [2.05, 4.69) is 10.4 Å². The van der Waals surface area contributed by atoms with Gasteiger partial charge in [0, 0.05) is 24.0 Å². The molecular weight excluding hydrogens is 274 g/mol. The summed E-state index contributed by atoms with van der Waals surface area (Å²) in [5.74, 6) is 0.546. The van der Waals surface area contributed by atoms with Gasteiger partial charge in [0.2, 0.25) is 0 Å². The zero-order valence-electron chi connectivity index (χ0n) is 11.3. The fourth-order valence-corrected chi connectivity index (χ4v) is 3.32. The highest BCUT2D eigenvalue weighted by atomic mass is 35.5. The van der Waals surface area contributed by atoms with E-state index in [1.807, 2.05) is 24.4 Å². The van der Waals surface area contributed by atoms with E-state index in [9.17, 15) is 4.79 Å². The minimum absolute atomic E-state index is 0.0670. The smallest absolute Gasteiger partial charge is 0.255 e. The molecule has 3 rings (SSSR count). The number of carbonyl (C=O) groups is 1. The Morgan fingerprint density at radius 3 is 2.95 bits per heavy atom. The first kappa shape index (κ1) is 13.4. The number of alkyl halides is 1. The van der Waals surface area contributed by atoms with E-state index in [1.54, 1.807) is 10.7 Å². The van der Waals surface area contributed by atoms with Crippen LogP contribution in [0.5, 0.6) is 0 Å². The minimum Gasteiger partial charge on any atom is -0.351 e. The number of hydrogen-bond donors (Lipinski definition) is 1. The molecule has 1 saturated carbocycles. The van der Waals surface area contributed by atoms with Gasteiger partial charge < -0.3 is 5.32 Å². The number of hydrogen-bond acceptors (Lipinski definition) is 2. The number of halogens is 1. The zero-order valence-corrected chi connectivity index (χ0v) is 12.1. The van der Waals surface area contributed by atoms with Crippen LogP contribution in [0.15, 0.2) is 30.6 Å². The van der Waals surface area contributed by atoms with E-state index in [4.69, 9.17) is 11.6 Å². The van der Waals surface area contributed by atoms with Gasteiger partial charge in [0.25, 0.3) is 5.91 Å². The van der Waals surface area contributed by atoms with Gasteiger partial charge in [-0.25, -0.2) is 4.52 Å². The van der Waals surface area contributed by atoms with Gasteiger partial charge in [0.05, 0.1) is 17.3 Å². The molecule has 0 atom stereocenters. The first-order valence-electron chi connectivity index (χ1n) is 7.01. The lowest BCUT2D eigenvalue weighted by atomic mass is 9.88. The van der Waals surface area contributed by atoms with Crippen LogP contribution in [0.4, 0.5) is 0 Å². The normalized spacial score (nSPS) is 17.4. The predicted octanol–water partition coefficient (Wildman–Crippen LogP) is 2.86. The van der Waals surface area contributed by atoms with Crippen molar-refractivity contribution in [1.29, 1.82) is 0 Å². The number of amides is 1. The first-order chi connectivity index (χ1) is 9.74. The van der Waals surface area contributed by atoms with Crippen molar-refractivity contribution in [1.82, 2.24) is 14.9 Å². The first-order valence-corrected chi connectivity index (χ1v) is 7.54. The lowest BCUT2D eigenvalue weighted by molar-refractivity contribution is 0.0936. The molecule has 0 spiro atoms. The molecule has 2 heterocycles. The third-order valence-corrected chi connectivity index (χ3v) is 4.81. The van der Waals surface area contributed by atoms with Crippen molar-refractivity contribution >= 4 is 23.0 Å². The van der Waals surface area contributed by atoms with E-state index < -0.39 is 0 Å². The predicted molar refractivity (Wildman–Crippen MR) is 79.1 cm³/mol. The topological polar surface area (TPSA) is 46.4 Å². The van der Waals surface area contributed by atoms with Gasteiger partial charge in [-0.1, -0.05) is 18.9 Å². The van der Waals surface area contributed by atoms with Gasteiger partial charge in [0.15, 0.2) is 0 Å². The number of nitrogens with zero attached hydrogens (tertiary/aromatic N) is 2. The molecule has 0 unspecified atom stereocenters. The van der Waals surface area contributed by atoms with Crippen molar-refractivity contribution in [2.24, 2.45) is 5.41 Å². The van der Waals surface area contributed by atoms with Crippen LogP contribution in [0.3, 0.4) is 0 Å². The van der Waals surface area contributed by atoms with Gasteiger partial charge in [-0.15, -0.1) is 11.6 Å². The molecule has 0 aliphatic heterocycles. The maximum atomic E-state index is 12.3. The highest BCUT2D eigenvalue weighted by Crippen LogP contribution is 2.38. The minimum atomic E-state index is -0.0670. The molecule has 0 aromatic carbocycles. The molecule has 1 fully saturated rings. The third-order valence-electron chi connectivity index (χ3n) is 4.24. The molecule has 1 aliphatic rings. The highest BCUT2D eigenvalue weighted by molar-refractivity contribution is 6.18. The van der Waals surface area contributed by atoms with Gasteiger partial charge in [-0.3, -0.25) is 4.79 Å². The monoisotopic (exact) mass is 291 g/mol. The summed E-state index contributed by atoms with van der Waals surface area (Å²) in [4.78, 5) is 12.3. The molecule has 1 aliphatic carbocycles. The average Bonchev–Trinajstić information content (AvgIpc) is 3.12. The van der Waals surface area contributed by atoms with Crippen LogP contribution in [-0.2, 0) is 0 Å². The van der Waals surface area contributed by atoms with Crippen LogP contribution in [0.1, 0.15) is 36.0 Å². The number of pyridine rings is 1. The summed E-state index contributed by atoms with van der Waals surface area (Å²) in [7, 11) is 0. The fourth-order valence-electron chi connectivity index (χ4n) is 2.96. The molecule has 2 aromatic heterocycles. The molecule has 20 heavy (non-hydrogen) atoms. The third kappa shape index (κ3) is 2.40. The van der Waals surface area contributed by atoms with Crippen molar-refractivity contribution in [3.63, 3.8) is 0 Å². The number of nitrogens with one attached hydrogen (secondary N) is 1. The largest absolute Gasteiger partial charge is 0.351 e. The quantitative estimate of drug-likeness (QED) is 0.881. The van der Waals surface area contributed by atoms with Crippen LogP contribution in [0, 0.1) is 5.41 Å². The van der Waals surface area contributed by atoms with Crippen LogP contribution >= 0.6 is 11.6 Å². The highest BCUT2D eigenvalue weighted by Gasteiger charge is 2.33. The second-order valence-corrected chi connectivity index (χ2v) is 5.88. The Morgan fingerprint density at radius 2 is 2.20 bits per heavy atom. The molecule has 0 bridgehead atoms. The molecule has 0 radical (unpaired) electrons. The molecule has 1 N–H and O–H groups in total. The second-order valence-electron chi connectivity index (χ2n) is 5.61. The Bertz CT molecular complexity index is 616. The molecule has 2 aromatic rings. The summed E-state index contributed by atoms with van der Waals surface area (Å²) in [6.45, 7) is 0.652. The summed E-state index contributed by atoms with van der Waals surface area (Å²) < 4.78 is 1.71. The van der Waals surface area contributed by atoms with Crippen LogP contribution < -0.4 is 5.32 Å². The molecule has 5 heteroatoms. The second kappa shape index (κ2) is 5.44. The number of fused-ring (bicyclic) bond motifs is 1. The lowest BCUT2D eigenvalue weighted by Crippen LogP contribution is -2.37. The van der Waals surface area contributed by atoms with E-state index in [1.165, 1.54) is 12.8 Å². The standard InChI is InChI=1S/C15H18ClN3O/c16-10-15(6-2-3-7-15)11-17-14(20)12-9-18-19-8-4-1-5-13(12)19/h1,4-5,8-9H,2-3,6-7,10-11H2,(H,17,20). The Morgan fingerprint density at radius 1 is 1.40 bits per heavy atom. The summed E-state index contributed by atoms with van der Waals surface area (Å²) in [5, 5.41) is 7.22. The number of rotatable bonds is 4. The molecular formula is C15H18ClN3O. The van der Waals surface area contributed by atoms with Crippen molar-refractivity contribution in [2.45, 2.75) is 25.7 Å². The Balaban J connectivity index is 1.73. The molecule has 0 saturated heterocycles. The summed E-state index contributed by atoms with van der Waals surface area (Å²) >= 11 is 6.10. The van der Waals surface area contributed by atoms with E-state index in [0.29, 0.717) is 18.0 Å². The maximum Gasteiger partial charge on any atom is 0.255 e. The Labute approximate surface area is 123 Å². The molecule has 4 nitrogen and oxygen atoms in total. The Kier molecular flexibility index (Phi) is 3.66. The van der Waals surface area contributed by atoms with Gasteiger partial charge in [0.1, 0.15) is 0 Å². The van der Waals surface area contributed by atoms with Gasteiger partial charge in [-0.05, 0) is 25.0 Å². The Hall–Kier alpha value is -1.55. The van der Waals surface area contributed by atoms with Crippen molar-refractivity contribution in [3.8, 4) is 0 Å². The van der Waals surface area contributed by atoms with E-state index in [-0.39, 0.29) is 11.3 Å². The fraction of sp³-hybridized carbons (Fsp3) is 0.467. The number of aromatic nitrogens is 2. The van der Waals surface area contributed by atoms with Crippen molar-refractivity contribution < 1.29 is 4.79 Å². The maximum absolute atomic E-state index is 12.3. The summed E-state index contributed by atoms with van der Waals surface area (Å²) in [6, 6.07) is 5.70. The average molecular weight is 292 g/mol. The van der Waals surface area contributed by atoms with Crippen molar-refractivity contribution in [3.05, 3.63) is 36.2 Å². The lowest BCUT2D eigenvalue weighted by Gasteiger charge is -2.26. The summed E-state index contributed by atoms with van der Waals surface area (Å²) in [5.41, 5.74) is 1.53. The summed E-state index contributed by atoms with van der Waals surface area (Å²) in [6.07, 6.45) is 8.08. The molecule has 1 amide bonds. The molecule has 106 valence electrons. The van der Waals surface area contributed by atoms with Crippen LogP contribution in [-0.4, -0.2) is 27.9 Å². The van der Waals surface area contributed by atoms with E-state index >= 15 is 0 Å². The van der Waals surface area contributed by atoms with E-state index in [0.717, 1.165) is 18.4 Å². The van der Waals surface area contributed by atoms with Gasteiger partial charge >= 0.3 is 0 Å². The van der Waals surface area contributed by atoms with Crippen molar-refractivity contribution in [2.75, 3.05) is 12.4 Å². The number of carbonyl (C=O) groups excluding carboxylic acids is 1. The van der Waals surface area contributed by atoms with Crippen LogP contribution in [0.2, 0.25) is 0 Å².